The minimum atomic E-state index is 0.383. The van der Waals surface area contributed by atoms with Crippen molar-refractivity contribution in [2.24, 2.45) is 5.92 Å². The Morgan fingerprint density at radius 3 is 2.65 bits per heavy atom. The summed E-state index contributed by atoms with van der Waals surface area (Å²) < 4.78 is 10.9. The van der Waals surface area contributed by atoms with Crippen molar-refractivity contribution in [2.45, 2.75) is 52.0 Å². The molecule has 0 saturated heterocycles. The Hall–Kier alpha value is -1.92. The molecule has 1 saturated carbocycles. The van der Waals surface area contributed by atoms with Crippen LogP contribution in [0.3, 0.4) is 0 Å². The third-order valence-corrected chi connectivity index (χ3v) is 3.67. The standard InChI is InChI=1S/C13H19N5O2/c1-3-11-16-17-12(20-11)7-9-4-5-10(6-9)14-13-18-15-8(2)19-13/h9-10H,3-7H2,1-2H3,(H,14,18)/t9-,10+/m1/s1. The van der Waals surface area contributed by atoms with Crippen molar-refractivity contribution in [2.75, 3.05) is 5.32 Å². The van der Waals surface area contributed by atoms with Crippen molar-refractivity contribution < 1.29 is 8.83 Å². The first kappa shape index (κ1) is 13.1. The number of nitrogens with zero attached hydrogens (tertiary/aromatic N) is 4. The lowest BCUT2D eigenvalue weighted by Gasteiger charge is -2.10. The van der Waals surface area contributed by atoms with Crippen molar-refractivity contribution in [1.29, 1.82) is 0 Å². The second-order valence-corrected chi connectivity index (χ2v) is 5.29. The second kappa shape index (κ2) is 5.60. The summed E-state index contributed by atoms with van der Waals surface area (Å²) in [5.74, 6) is 2.62. The van der Waals surface area contributed by atoms with Crippen LogP contribution in [0.1, 0.15) is 43.9 Å². The highest BCUT2D eigenvalue weighted by molar-refractivity contribution is 5.20. The lowest BCUT2D eigenvalue weighted by atomic mass is 10.0. The first-order valence-corrected chi connectivity index (χ1v) is 7.11. The van der Waals surface area contributed by atoms with E-state index in [1.807, 2.05) is 6.92 Å². The predicted octanol–water partition coefficient (Wildman–Crippen LogP) is 2.15. The molecule has 2 aromatic heterocycles. The molecule has 1 fully saturated rings. The zero-order valence-electron chi connectivity index (χ0n) is 11.8. The predicted molar refractivity (Wildman–Crippen MR) is 71.2 cm³/mol. The molecule has 1 aliphatic rings. The maximum atomic E-state index is 5.57. The summed E-state index contributed by atoms with van der Waals surface area (Å²) in [6.45, 7) is 3.80. The van der Waals surface area contributed by atoms with E-state index in [1.165, 1.54) is 0 Å². The highest BCUT2D eigenvalue weighted by atomic mass is 16.4. The highest BCUT2D eigenvalue weighted by Gasteiger charge is 2.27. The van der Waals surface area contributed by atoms with Gasteiger partial charge in [0.15, 0.2) is 0 Å². The van der Waals surface area contributed by atoms with Gasteiger partial charge in [0.05, 0.1) is 0 Å². The average Bonchev–Trinajstić information content (AvgIpc) is 3.13. The second-order valence-electron chi connectivity index (χ2n) is 5.29. The van der Waals surface area contributed by atoms with Crippen molar-refractivity contribution in [3.05, 3.63) is 17.7 Å². The minimum Gasteiger partial charge on any atom is -0.425 e. The number of anilines is 1. The summed E-state index contributed by atoms with van der Waals surface area (Å²) in [5, 5.41) is 19.2. The van der Waals surface area contributed by atoms with Gasteiger partial charge in [-0.1, -0.05) is 12.0 Å². The number of hydrogen-bond acceptors (Lipinski definition) is 7. The van der Waals surface area contributed by atoms with Crippen LogP contribution in [0.5, 0.6) is 0 Å². The fraction of sp³-hybridized carbons (Fsp3) is 0.692. The molecule has 20 heavy (non-hydrogen) atoms. The quantitative estimate of drug-likeness (QED) is 0.895. The smallest absolute Gasteiger partial charge is 0.315 e. The van der Waals surface area contributed by atoms with Crippen molar-refractivity contribution in [3.63, 3.8) is 0 Å². The number of aromatic nitrogens is 4. The molecule has 108 valence electrons. The molecule has 7 nitrogen and oxygen atoms in total. The fourth-order valence-corrected chi connectivity index (χ4v) is 2.68. The molecule has 0 bridgehead atoms. The molecular weight excluding hydrogens is 258 g/mol. The van der Waals surface area contributed by atoms with E-state index < -0.39 is 0 Å². The fourth-order valence-electron chi connectivity index (χ4n) is 2.68. The van der Waals surface area contributed by atoms with Gasteiger partial charge < -0.3 is 14.2 Å². The molecule has 2 aromatic rings. The number of nitrogens with one attached hydrogen (secondary N) is 1. The number of rotatable bonds is 5. The largest absolute Gasteiger partial charge is 0.425 e. The summed E-state index contributed by atoms with van der Waals surface area (Å²) >= 11 is 0. The third-order valence-electron chi connectivity index (χ3n) is 3.67. The Balaban J connectivity index is 1.51. The zero-order chi connectivity index (χ0) is 13.9. The summed E-state index contributed by atoms with van der Waals surface area (Å²) in [6.07, 6.45) is 4.95. The van der Waals surface area contributed by atoms with E-state index >= 15 is 0 Å². The molecule has 0 amide bonds. The Morgan fingerprint density at radius 1 is 1.10 bits per heavy atom. The van der Waals surface area contributed by atoms with Gasteiger partial charge in [-0.15, -0.1) is 15.3 Å². The molecule has 0 radical (unpaired) electrons. The normalized spacial score (nSPS) is 22.3. The molecule has 0 aliphatic heterocycles. The van der Waals surface area contributed by atoms with Gasteiger partial charge in [0, 0.05) is 25.8 Å². The van der Waals surface area contributed by atoms with Gasteiger partial charge in [-0.2, -0.15) is 0 Å². The van der Waals surface area contributed by atoms with E-state index in [0.717, 1.165) is 38.0 Å². The Kier molecular flexibility index (Phi) is 3.66. The topological polar surface area (TPSA) is 89.9 Å². The lowest BCUT2D eigenvalue weighted by Crippen LogP contribution is -2.16. The average molecular weight is 277 g/mol. The van der Waals surface area contributed by atoms with E-state index in [-0.39, 0.29) is 0 Å². The number of hydrogen-bond donors (Lipinski definition) is 1. The Bertz CT molecular complexity index is 565. The zero-order valence-corrected chi connectivity index (χ0v) is 11.8. The van der Waals surface area contributed by atoms with Crippen LogP contribution in [0.25, 0.3) is 0 Å². The van der Waals surface area contributed by atoms with Gasteiger partial charge >= 0.3 is 6.01 Å². The first-order valence-electron chi connectivity index (χ1n) is 7.11. The highest BCUT2D eigenvalue weighted by Crippen LogP contribution is 2.30. The molecule has 0 unspecified atom stereocenters. The van der Waals surface area contributed by atoms with Gasteiger partial charge in [-0.25, -0.2) is 0 Å². The van der Waals surface area contributed by atoms with Crippen LogP contribution in [-0.4, -0.2) is 26.4 Å². The molecule has 0 spiro atoms. The SMILES string of the molecule is CCc1nnc(C[C@@H]2CC[C@H](Nc3nnc(C)o3)C2)o1. The molecule has 2 heterocycles. The van der Waals surface area contributed by atoms with E-state index in [2.05, 4.69) is 25.7 Å². The summed E-state index contributed by atoms with van der Waals surface area (Å²) in [7, 11) is 0. The van der Waals surface area contributed by atoms with Crippen LogP contribution >= 0.6 is 0 Å². The Labute approximate surface area is 117 Å². The lowest BCUT2D eigenvalue weighted by molar-refractivity contribution is 0.408. The molecule has 1 aliphatic carbocycles. The molecule has 2 atom stereocenters. The third kappa shape index (κ3) is 2.97. The van der Waals surface area contributed by atoms with Gasteiger partial charge in [0.25, 0.3) is 0 Å². The summed E-state index contributed by atoms with van der Waals surface area (Å²) in [4.78, 5) is 0. The van der Waals surface area contributed by atoms with Crippen molar-refractivity contribution in [3.8, 4) is 0 Å². The van der Waals surface area contributed by atoms with Crippen LogP contribution in [0.15, 0.2) is 8.83 Å². The van der Waals surface area contributed by atoms with Crippen LogP contribution < -0.4 is 5.32 Å². The van der Waals surface area contributed by atoms with Crippen LogP contribution in [0, 0.1) is 12.8 Å². The maximum Gasteiger partial charge on any atom is 0.315 e. The van der Waals surface area contributed by atoms with Crippen LogP contribution in [0.4, 0.5) is 6.01 Å². The van der Waals surface area contributed by atoms with Gasteiger partial charge in [-0.3, -0.25) is 0 Å². The van der Waals surface area contributed by atoms with E-state index in [0.29, 0.717) is 29.8 Å². The van der Waals surface area contributed by atoms with Crippen LogP contribution in [-0.2, 0) is 12.8 Å². The van der Waals surface area contributed by atoms with Crippen molar-refractivity contribution >= 4 is 6.01 Å². The van der Waals surface area contributed by atoms with Crippen LogP contribution in [0.2, 0.25) is 0 Å². The molecular formula is C13H19N5O2. The monoisotopic (exact) mass is 277 g/mol. The molecule has 3 rings (SSSR count). The molecule has 7 heteroatoms. The Morgan fingerprint density at radius 2 is 1.95 bits per heavy atom. The van der Waals surface area contributed by atoms with Gasteiger partial charge in [0.2, 0.25) is 17.7 Å². The van der Waals surface area contributed by atoms with E-state index in [1.54, 1.807) is 6.92 Å². The first-order chi connectivity index (χ1) is 9.72. The summed E-state index contributed by atoms with van der Waals surface area (Å²) in [6, 6.07) is 0.896. The van der Waals surface area contributed by atoms with Gasteiger partial charge in [-0.05, 0) is 25.2 Å². The number of aryl methyl sites for hydroxylation is 2. The summed E-state index contributed by atoms with van der Waals surface area (Å²) in [5.41, 5.74) is 0. The van der Waals surface area contributed by atoms with Crippen molar-refractivity contribution in [1.82, 2.24) is 20.4 Å². The molecule has 0 aromatic carbocycles. The van der Waals surface area contributed by atoms with E-state index in [4.69, 9.17) is 8.83 Å². The minimum absolute atomic E-state index is 0.383. The van der Waals surface area contributed by atoms with Gasteiger partial charge in [0.1, 0.15) is 0 Å². The maximum absolute atomic E-state index is 5.57. The molecule has 1 N–H and O–H groups in total. The van der Waals surface area contributed by atoms with E-state index in [9.17, 15) is 0 Å².